The molecule has 0 unspecified atom stereocenters. The second-order valence-electron chi connectivity index (χ2n) is 5.10. The van der Waals surface area contributed by atoms with Crippen LogP contribution in [0.4, 0.5) is 4.39 Å². The van der Waals surface area contributed by atoms with E-state index in [2.05, 4.69) is 20.7 Å². The van der Waals surface area contributed by atoms with Gasteiger partial charge in [0.25, 0.3) is 0 Å². The summed E-state index contributed by atoms with van der Waals surface area (Å²) in [6.45, 7) is 0.455. The molecule has 0 aliphatic heterocycles. The summed E-state index contributed by atoms with van der Waals surface area (Å²) in [4.78, 5) is -0.344. The fourth-order valence-corrected chi connectivity index (χ4v) is 3.81. The van der Waals surface area contributed by atoms with Gasteiger partial charge < -0.3 is 4.74 Å². The Labute approximate surface area is 133 Å². The van der Waals surface area contributed by atoms with Crippen LogP contribution in [0.5, 0.6) is 0 Å². The van der Waals surface area contributed by atoms with Gasteiger partial charge in [-0.2, -0.15) is 0 Å². The Morgan fingerprint density at radius 1 is 1.29 bits per heavy atom. The fraction of sp³-hybridized carbons (Fsp3) is 0.571. The van der Waals surface area contributed by atoms with Crippen LogP contribution in [0.15, 0.2) is 27.6 Å². The van der Waals surface area contributed by atoms with Crippen LogP contribution in [0.25, 0.3) is 0 Å². The Bertz CT molecular complexity index is 574. The maximum Gasteiger partial charge on any atom is 0.243 e. The Kier molecular flexibility index (Phi) is 6.16. The van der Waals surface area contributed by atoms with Gasteiger partial charge in [-0.05, 0) is 31.0 Å². The Morgan fingerprint density at radius 3 is 2.67 bits per heavy atom. The summed E-state index contributed by atoms with van der Waals surface area (Å²) in [7, 11) is -3.84. The molecule has 0 saturated heterocycles. The Hall–Kier alpha value is -0.500. The Morgan fingerprint density at radius 2 is 2.00 bits per heavy atom. The lowest BCUT2D eigenvalue weighted by molar-refractivity contribution is 0.0321. The maximum absolute atomic E-state index is 13.7. The van der Waals surface area contributed by atoms with Crippen molar-refractivity contribution in [2.75, 3.05) is 13.2 Å². The molecule has 2 rings (SSSR count). The van der Waals surface area contributed by atoms with Gasteiger partial charge in [-0.1, -0.05) is 35.2 Å². The van der Waals surface area contributed by atoms with Crippen molar-refractivity contribution >= 4 is 26.0 Å². The minimum atomic E-state index is -3.84. The van der Waals surface area contributed by atoms with Crippen molar-refractivity contribution in [3.8, 4) is 0 Å². The van der Waals surface area contributed by atoms with E-state index in [9.17, 15) is 12.8 Å². The molecule has 4 nitrogen and oxygen atoms in total. The number of hydrogen-bond donors (Lipinski definition) is 1. The predicted octanol–water partition coefficient (Wildman–Crippen LogP) is 3.22. The summed E-state index contributed by atoms with van der Waals surface area (Å²) >= 11 is 3.10. The van der Waals surface area contributed by atoms with Crippen molar-refractivity contribution in [2.24, 2.45) is 0 Å². The van der Waals surface area contributed by atoms with Crippen LogP contribution < -0.4 is 4.72 Å². The van der Waals surface area contributed by atoms with Gasteiger partial charge >= 0.3 is 0 Å². The lowest BCUT2D eigenvalue weighted by Gasteiger charge is -2.22. The van der Waals surface area contributed by atoms with Crippen molar-refractivity contribution in [2.45, 2.75) is 43.1 Å². The average Bonchev–Trinajstić information content (AvgIpc) is 2.44. The van der Waals surface area contributed by atoms with Crippen LogP contribution >= 0.6 is 15.9 Å². The summed E-state index contributed by atoms with van der Waals surface area (Å²) in [5.74, 6) is -0.773. The summed E-state index contributed by atoms with van der Waals surface area (Å²) in [6.07, 6.45) is 5.88. The van der Waals surface area contributed by atoms with Gasteiger partial charge in [0, 0.05) is 11.0 Å². The standard InChI is InChI=1S/C14H19BrFNO3S/c15-11-6-7-14(13(16)10-11)21(18,19)17-8-9-20-12-4-2-1-3-5-12/h6-7,10,12,17H,1-5,8-9H2. The minimum Gasteiger partial charge on any atom is -0.377 e. The first-order valence-corrected chi connectivity index (χ1v) is 9.33. The van der Waals surface area contributed by atoms with Gasteiger partial charge in [-0.3, -0.25) is 0 Å². The number of rotatable bonds is 6. The van der Waals surface area contributed by atoms with Crippen LogP contribution in [0.2, 0.25) is 0 Å². The zero-order chi connectivity index (χ0) is 15.3. The highest BCUT2D eigenvalue weighted by atomic mass is 79.9. The smallest absolute Gasteiger partial charge is 0.243 e. The van der Waals surface area contributed by atoms with Gasteiger partial charge in [0.1, 0.15) is 10.7 Å². The van der Waals surface area contributed by atoms with Gasteiger partial charge in [0.05, 0.1) is 12.7 Å². The lowest BCUT2D eigenvalue weighted by Crippen LogP contribution is -2.30. The van der Waals surface area contributed by atoms with Crippen LogP contribution in [0.1, 0.15) is 32.1 Å². The van der Waals surface area contributed by atoms with Crippen molar-refractivity contribution in [3.05, 3.63) is 28.5 Å². The third-order valence-corrected chi connectivity index (χ3v) is 5.47. The second kappa shape index (κ2) is 7.67. The number of sulfonamides is 1. The normalized spacial score (nSPS) is 17.0. The largest absolute Gasteiger partial charge is 0.377 e. The zero-order valence-electron chi connectivity index (χ0n) is 11.6. The molecule has 1 aromatic rings. The third kappa shape index (κ3) is 5.02. The minimum absolute atomic E-state index is 0.147. The number of nitrogens with one attached hydrogen (secondary N) is 1. The van der Waals surface area contributed by atoms with Gasteiger partial charge in [0.2, 0.25) is 10.0 Å². The summed E-state index contributed by atoms with van der Waals surface area (Å²) in [5.41, 5.74) is 0. The van der Waals surface area contributed by atoms with E-state index in [0.29, 0.717) is 11.1 Å². The SMILES string of the molecule is O=S(=O)(NCCOC1CCCCC1)c1ccc(Br)cc1F. The molecule has 0 bridgehead atoms. The predicted molar refractivity (Wildman–Crippen MR) is 82.1 cm³/mol. The van der Waals surface area contributed by atoms with Crippen LogP contribution in [-0.4, -0.2) is 27.7 Å². The lowest BCUT2D eigenvalue weighted by atomic mass is 9.98. The topological polar surface area (TPSA) is 55.4 Å². The van der Waals surface area contributed by atoms with Crippen molar-refractivity contribution < 1.29 is 17.5 Å². The molecular weight excluding hydrogens is 361 g/mol. The van der Waals surface area contributed by atoms with Crippen LogP contribution in [0.3, 0.4) is 0 Å². The van der Waals surface area contributed by atoms with Gasteiger partial charge in [-0.15, -0.1) is 0 Å². The monoisotopic (exact) mass is 379 g/mol. The molecule has 7 heteroatoms. The van der Waals surface area contributed by atoms with E-state index in [1.165, 1.54) is 31.4 Å². The molecule has 0 spiro atoms. The average molecular weight is 380 g/mol. The number of halogens is 2. The highest BCUT2D eigenvalue weighted by molar-refractivity contribution is 9.10. The third-order valence-electron chi connectivity index (χ3n) is 3.48. The molecule has 118 valence electrons. The van der Waals surface area contributed by atoms with E-state index in [4.69, 9.17) is 4.74 Å². The highest BCUT2D eigenvalue weighted by Gasteiger charge is 2.19. The number of benzene rings is 1. The van der Waals surface area contributed by atoms with Gasteiger partial charge in [-0.25, -0.2) is 17.5 Å². The van der Waals surface area contributed by atoms with E-state index in [1.54, 1.807) is 0 Å². The quantitative estimate of drug-likeness (QED) is 0.772. The van der Waals surface area contributed by atoms with E-state index < -0.39 is 15.8 Å². The number of ether oxygens (including phenoxy) is 1. The molecule has 1 N–H and O–H groups in total. The molecule has 1 aliphatic carbocycles. The molecule has 0 radical (unpaired) electrons. The molecule has 1 saturated carbocycles. The number of hydrogen-bond acceptors (Lipinski definition) is 3. The maximum atomic E-state index is 13.7. The van der Waals surface area contributed by atoms with E-state index in [0.717, 1.165) is 18.9 Å². The van der Waals surface area contributed by atoms with Crippen LogP contribution in [-0.2, 0) is 14.8 Å². The first-order chi connectivity index (χ1) is 9.99. The first kappa shape index (κ1) is 16.9. The Balaban J connectivity index is 1.83. The fourth-order valence-electron chi connectivity index (χ4n) is 2.40. The molecule has 1 aliphatic rings. The van der Waals surface area contributed by atoms with Crippen LogP contribution in [0, 0.1) is 5.82 Å². The van der Waals surface area contributed by atoms with E-state index in [-0.39, 0.29) is 17.5 Å². The molecule has 0 heterocycles. The molecular formula is C14H19BrFNO3S. The van der Waals surface area contributed by atoms with Gasteiger partial charge in [0.15, 0.2) is 0 Å². The van der Waals surface area contributed by atoms with E-state index in [1.807, 2.05) is 0 Å². The molecule has 1 aromatic carbocycles. The highest BCUT2D eigenvalue weighted by Crippen LogP contribution is 2.20. The summed E-state index contributed by atoms with van der Waals surface area (Å²) in [5, 5.41) is 0. The summed E-state index contributed by atoms with van der Waals surface area (Å²) < 4.78 is 46.2. The second-order valence-corrected chi connectivity index (χ2v) is 7.75. The zero-order valence-corrected chi connectivity index (χ0v) is 14.1. The molecule has 21 heavy (non-hydrogen) atoms. The molecule has 1 fully saturated rings. The van der Waals surface area contributed by atoms with E-state index >= 15 is 0 Å². The molecule has 0 aromatic heterocycles. The van der Waals surface area contributed by atoms with Crippen molar-refractivity contribution in [1.82, 2.24) is 4.72 Å². The van der Waals surface area contributed by atoms with Crippen molar-refractivity contribution in [1.29, 1.82) is 0 Å². The molecule has 0 atom stereocenters. The summed E-state index contributed by atoms with van der Waals surface area (Å²) in [6, 6.07) is 3.87. The molecule has 0 amide bonds. The first-order valence-electron chi connectivity index (χ1n) is 7.05. The van der Waals surface area contributed by atoms with Crippen molar-refractivity contribution in [3.63, 3.8) is 0 Å².